The molecule has 2 aromatic carbocycles. The summed E-state index contributed by atoms with van der Waals surface area (Å²) in [6, 6.07) is 16.2. The van der Waals surface area contributed by atoms with Crippen LogP contribution in [0.1, 0.15) is 0 Å². The van der Waals surface area contributed by atoms with Gasteiger partial charge in [-0.3, -0.25) is 0 Å². The van der Waals surface area contributed by atoms with Gasteiger partial charge in [-0.2, -0.15) is 0 Å². The van der Waals surface area contributed by atoms with Gasteiger partial charge in [0.2, 0.25) is 0 Å². The molecule has 3 rings (SSSR count). The summed E-state index contributed by atoms with van der Waals surface area (Å²) in [5, 5.41) is 8.52. The van der Waals surface area contributed by atoms with Crippen LogP contribution in [-0.2, 0) is 0 Å². The lowest BCUT2D eigenvalue weighted by atomic mass is 10.1. The van der Waals surface area contributed by atoms with Gasteiger partial charge < -0.3 is 15.6 Å². The molecule has 0 radical (unpaired) electrons. The van der Waals surface area contributed by atoms with E-state index in [2.05, 4.69) is 20.0 Å². The van der Waals surface area contributed by atoms with Crippen LogP contribution in [0.2, 0.25) is 0 Å². The molecule has 124 valence electrons. The fourth-order valence-corrected chi connectivity index (χ4v) is 2.50. The molecule has 0 saturated heterocycles. The van der Waals surface area contributed by atoms with Crippen LogP contribution in [-0.4, -0.2) is 43.1 Å². The second-order valence-corrected chi connectivity index (χ2v) is 6.10. The molecule has 24 heavy (non-hydrogen) atoms. The first-order chi connectivity index (χ1) is 11.5. The van der Waals surface area contributed by atoms with Gasteiger partial charge in [0, 0.05) is 50.7 Å². The summed E-state index contributed by atoms with van der Waals surface area (Å²) < 4.78 is 1.54. The number of hydrogen-bond acceptors (Lipinski definition) is 5. The van der Waals surface area contributed by atoms with Gasteiger partial charge in [-0.15, -0.1) is 10.2 Å². The summed E-state index contributed by atoms with van der Waals surface area (Å²) in [6.45, 7) is 0. The van der Waals surface area contributed by atoms with Crippen molar-refractivity contribution in [2.24, 2.45) is 0 Å². The predicted octanol–water partition coefficient (Wildman–Crippen LogP) is 2.46. The van der Waals surface area contributed by atoms with E-state index in [1.165, 1.54) is 4.68 Å². The summed E-state index contributed by atoms with van der Waals surface area (Å²) in [5.74, 6) is 7.52. The van der Waals surface area contributed by atoms with E-state index in [0.717, 1.165) is 22.5 Å². The van der Waals surface area contributed by atoms with Gasteiger partial charge in [-0.05, 0) is 48.5 Å². The molecule has 0 atom stereocenters. The smallest absolute Gasteiger partial charge is 0.182 e. The number of aromatic nitrogens is 3. The SMILES string of the molecule is CN(C)c1ccc(-c2nnc(-c3ccc(N(C)C)cc3)n2N)cc1. The van der Waals surface area contributed by atoms with Crippen molar-refractivity contribution in [1.82, 2.24) is 14.9 Å². The van der Waals surface area contributed by atoms with E-state index in [1.54, 1.807) is 0 Å². The minimum Gasteiger partial charge on any atom is -0.378 e. The monoisotopic (exact) mass is 322 g/mol. The molecule has 2 N–H and O–H groups in total. The van der Waals surface area contributed by atoms with Crippen LogP contribution in [0.4, 0.5) is 11.4 Å². The van der Waals surface area contributed by atoms with E-state index < -0.39 is 0 Å². The van der Waals surface area contributed by atoms with E-state index in [9.17, 15) is 0 Å². The number of nitrogen functional groups attached to an aromatic ring is 1. The molecule has 0 saturated carbocycles. The summed E-state index contributed by atoms with van der Waals surface area (Å²) in [6.07, 6.45) is 0. The van der Waals surface area contributed by atoms with Crippen LogP contribution in [0.15, 0.2) is 48.5 Å². The Morgan fingerprint density at radius 3 is 1.29 bits per heavy atom. The Kier molecular flexibility index (Phi) is 4.12. The van der Waals surface area contributed by atoms with Crippen LogP contribution >= 0.6 is 0 Å². The molecule has 6 nitrogen and oxygen atoms in total. The molecule has 0 unspecified atom stereocenters. The Morgan fingerprint density at radius 1 is 0.667 bits per heavy atom. The fraction of sp³-hybridized carbons (Fsp3) is 0.222. The summed E-state index contributed by atoms with van der Waals surface area (Å²) in [5.41, 5.74) is 4.13. The van der Waals surface area contributed by atoms with Gasteiger partial charge in [-0.25, -0.2) is 4.68 Å². The topological polar surface area (TPSA) is 63.2 Å². The Labute approximate surface area is 142 Å². The highest BCUT2D eigenvalue weighted by molar-refractivity contribution is 5.66. The molecule has 0 aliphatic carbocycles. The van der Waals surface area contributed by atoms with E-state index in [-0.39, 0.29) is 0 Å². The van der Waals surface area contributed by atoms with Crippen molar-refractivity contribution in [2.75, 3.05) is 43.8 Å². The van der Waals surface area contributed by atoms with Crippen LogP contribution in [0.3, 0.4) is 0 Å². The predicted molar refractivity (Wildman–Crippen MR) is 99.7 cm³/mol. The van der Waals surface area contributed by atoms with E-state index in [0.29, 0.717) is 11.6 Å². The lowest BCUT2D eigenvalue weighted by molar-refractivity contribution is 1.02. The van der Waals surface area contributed by atoms with Crippen molar-refractivity contribution in [3.05, 3.63) is 48.5 Å². The molecule has 6 heteroatoms. The third kappa shape index (κ3) is 2.90. The first-order valence-electron chi connectivity index (χ1n) is 7.73. The number of rotatable bonds is 4. The second-order valence-electron chi connectivity index (χ2n) is 6.10. The van der Waals surface area contributed by atoms with Crippen LogP contribution in [0.5, 0.6) is 0 Å². The highest BCUT2D eigenvalue weighted by Gasteiger charge is 2.13. The summed E-state index contributed by atoms with van der Waals surface area (Å²) >= 11 is 0. The van der Waals surface area contributed by atoms with E-state index >= 15 is 0 Å². The maximum absolute atomic E-state index is 6.23. The first-order valence-corrected chi connectivity index (χ1v) is 7.73. The molecular weight excluding hydrogens is 300 g/mol. The highest BCUT2D eigenvalue weighted by Crippen LogP contribution is 2.25. The largest absolute Gasteiger partial charge is 0.378 e. The average Bonchev–Trinajstić information content (AvgIpc) is 2.96. The molecular formula is C18H22N6. The molecule has 3 aromatic rings. The molecule has 0 amide bonds. The number of nitrogens with two attached hydrogens (primary N) is 1. The van der Waals surface area contributed by atoms with E-state index in [1.807, 2.05) is 76.7 Å². The van der Waals surface area contributed by atoms with E-state index in [4.69, 9.17) is 5.84 Å². The Bertz CT molecular complexity index is 747. The van der Waals surface area contributed by atoms with Crippen LogP contribution < -0.4 is 15.6 Å². The molecule has 0 aliphatic heterocycles. The third-order valence-corrected chi connectivity index (χ3v) is 3.98. The summed E-state index contributed by atoms with van der Waals surface area (Å²) in [4.78, 5) is 4.10. The van der Waals surface area contributed by atoms with Crippen molar-refractivity contribution >= 4 is 11.4 Å². The molecule has 1 heterocycles. The first kappa shape index (κ1) is 15.9. The van der Waals surface area contributed by atoms with Crippen molar-refractivity contribution in [3.8, 4) is 22.8 Å². The molecule has 0 fully saturated rings. The van der Waals surface area contributed by atoms with Crippen molar-refractivity contribution in [2.45, 2.75) is 0 Å². The second kappa shape index (κ2) is 6.23. The van der Waals surface area contributed by atoms with Gasteiger partial charge in [0.05, 0.1) is 0 Å². The van der Waals surface area contributed by atoms with Gasteiger partial charge in [0.1, 0.15) is 0 Å². The van der Waals surface area contributed by atoms with Gasteiger partial charge in [0.15, 0.2) is 11.6 Å². The molecule has 0 bridgehead atoms. The fourth-order valence-electron chi connectivity index (χ4n) is 2.50. The minimum absolute atomic E-state index is 0.645. The van der Waals surface area contributed by atoms with Gasteiger partial charge >= 0.3 is 0 Å². The maximum atomic E-state index is 6.23. The molecule has 0 aliphatic rings. The molecule has 1 aromatic heterocycles. The zero-order valence-corrected chi connectivity index (χ0v) is 14.4. The normalized spacial score (nSPS) is 10.7. The Hall–Kier alpha value is -3.02. The number of anilines is 2. The lowest BCUT2D eigenvalue weighted by Gasteiger charge is -2.13. The zero-order valence-electron chi connectivity index (χ0n) is 14.4. The number of nitrogens with zero attached hydrogens (tertiary/aromatic N) is 5. The quantitative estimate of drug-likeness (QED) is 0.748. The van der Waals surface area contributed by atoms with Crippen LogP contribution in [0.25, 0.3) is 22.8 Å². The maximum Gasteiger partial charge on any atom is 0.182 e. The molecule has 0 spiro atoms. The zero-order chi connectivity index (χ0) is 17.3. The third-order valence-electron chi connectivity index (χ3n) is 3.98. The Morgan fingerprint density at radius 2 is 1.00 bits per heavy atom. The van der Waals surface area contributed by atoms with Crippen molar-refractivity contribution in [3.63, 3.8) is 0 Å². The van der Waals surface area contributed by atoms with Crippen LogP contribution in [0, 0.1) is 0 Å². The minimum atomic E-state index is 0.645. The standard InChI is InChI=1S/C18H22N6/c1-22(2)15-9-5-13(6-10-15)17-20-21-18(24(17)19)14-7-11-16(12-8-14)23(3)4/h5-12H,19H2,1-4H3. The summed E-state index contributed by atoms with van der Waals surface area (Å²) in [7, 11) is 8.04. The van der Waals surface area contributed by atoms with Gasteiger partial charge in [0.25, 0.3) is 0 Å². The highest BCUT2D eigenvalue weighted by atomic mass is 15.4. The van der Waals surface area contributed by atoms with Crippen molar-refractivity contribution < 1.29 is 0 Å². The lowest BCUT2D eigenvalue weighted by Crippen LogP contribution is -2.12. The Balaban J connectivity index is 1.93. The average molecular weight is 322 g/mol. The number of hydrogen-bond donors (Lipinski definition) is 1. The number of benzene rings is 2. The van der Waals surface area contributed by atoms with Crippen molar-refractivity contribution in [1.29, 1.82) is 0 Å². The van der Waals surface area contributed by atoms with Gasteiger partial charge in [-0.1, -0.05) is 0 Å².